The number of hydrogen-bond donors (Lipinski definition) is 1. The first-order chi connectivity index (χ1) is 11.9. The van der Waals surface area contributed by atoms with Gasteiger partial charge in [0.1, 0.15) is 0 Å². The van der Waals surface area contributed by atoms with Crippen molar-refractivity contribution in [2.45, 2.75) is 18.6 Å². The SMILES string of the molecule is Cl.O=C1Nc2c(cccc2C(F)(F)F)[C@@H]2CN(Cc3ccccc3)C[C@H]12. The fourth-order valence-electron chi connectivity index (χ4n) is 3.91. The maximum Gasteiger partial charge on any atom is 0.418 e. The lowest BCUT2D eigenvalue weighted by molar-refractivity contribution is -0.137. The third kappa shape index (κ3) is 3.31. The van der Waals surface area contributed by atoms with Gasteiger partial charge in [0.05, 0.1) is 17.2 Å². The van der Waals surface area contributed by atoms with E-state index in [1.54, 1.807) is 6.07 Å². The average molecular weight is 383 g/mol. The fourth-order valence-corrected chi connectivity index (χ4v) is 3.91. The molecular weight excluding hydrogens is 365 g/mol. The number of nitrogens with zero attached hydrogens (tertiary/aromatic N) is 1. The second kappa shape index (κ2) is 6.93. The summed E-state index contributed by atoms with van der Waals surface area (Å²) in [5.74, 6) is -0.820. The average Bonchev–Trinajstić information content (AvgIpc) is 2.99. The van der Waals surface area contributed by atoms with Crippen LogP contribution in [-0.2, 0) is 17.5 Å². The number of anilines is 1. The summed E-state index contributed by atoms with van der Waals surface area (Å²) in [6.45, 7) is 1.83. The van der Waals surface area contributed by atoms with Gasteiger partial charge in [-0.25, -0.2) is 0 Å². The van der Waals surface area contributed by atoms with E-state index >= 15 is 0 Å². The summed E-state index contributed by atoms with van der Waals surface area (Å²) in [6.07, 6.45) is -4.48. The van der Waals surface area contributed by atoms with Gasteiger partial charge in [0.15, 0.2) is 0 Å². The molecule has 1 saturated heterocycles. The Balaban J connectivity index is 0.00000196. The van der Waals surface area contributed by atoms with E-state index in [0.717, 1.165) is 11.6 Å². The first-order valence-corrected chi connectivity index (χ1v) is 8.21. The number of rotatable bonds is 2. The molecule has 2 aliphatic rings. The zero-order valence-corrected chi connectivity index (χ0v) is 14.6. The first kappa shape index (κ1) is 18.7. The van der Waals surface area contributed by atoms with Crippen molar-refractivity contribution in [2.24, 2.45) is 5.92 Å². The van der Waals surface area contributed by atoms with Crippen LogP contribution in [0.1, 0.15) is 22.6 Å². The topological polar surface area (TPSA) is 32.3 Å². The van der Waals surface area contributed by atoms with Crippen LogP contribution in [0, 0.1) is 5.92 Å². The van der Waals surface area contributed by atoms with E-state index in [1.807, 2.05) is 30.3 Å². The van der Waals surface area contributed by atoms with Crippen LogP contribution in [0.25, 0.3) is 0 Å². The van der Waals surface area contributed by atoms with E-state index in [2.05, 4.69) is 10.2 Å². The fraction of sp³-hybridized carbons (Fsp3) is 0.316. The van der Waals surface area contributed by atoms with E-state index < -0.39 is 11.7 Å². The van der Waals surface area contributed by atoms with Crippen LogP contribution in [0.2, 0.25) is 0 Å². The molecule has 138 valence electrons. The quantitative estimate of drug-likeness (QED) is 0.840. The summed E-state index contributed by atoms with van der Waals surface area (Å²) in [4.78, 5) is 14.5. The Morgan fingerprint density at radius 1 is 1.00 bits per heavy atom. The second-order valence-electron chi connectivity index (χ2n) is 6.65. The summed E-state index contributed by atoms with van der Waals surface area (Å²) < 4.78 is 39.7. The Labute approximate surface area is 155 Å². The molecule has 26 heavy (non-hydrogen) atoms. The Hall–Kier alpha value is -2.05. The zero-order chi connectivity index (χ0) is 17.6. The second-order valence-corrected chi connectivity index (χ2v) is 6.65. The van der Waals surface area contributed by atoms with Crippen LogP contribution >= 0.6 is 12.4 Å². The van der Waals surface area contributed by atoms with Gasteiger partial charge in [-0.1, -0.05) is 42.5 Å². The molecule has 0 aromatic heterocycles. The van der Waals surface area contributed by atoms with Crippen LogP contribution in [0.15, 0.2) is 48.5 Å². The monoisotopic (exact) mass is 382 g/mol. The summed E-state index contributed by atoms with van der Waals surface area (Å²) in [5.41, 5.74) is 0.891. The molecule has 0 aliphatic carbocycles. The van der Waals surface area contributed by atoms with Crippen molar-refractivity contribution in [3.8, 4) is 0 Å². The number of fused-ring (bicyclic) bond motifs is 3. The summed E-state index contributed by atoms with van der Waals surface area (Å²) in [6, 6.07) is 14.0. The number of nitrogens with one attached hydrogen (secondary N) is 1. The van der Waals surface area contributed by atoms with E-state index in [-0.39, 0.29) is 35.8 Å². The van der Waals surface area contributed by atoms with Crippen LogP contribution in [0.5, 0.6) is 0 Å². The number of carbonyl (C=O) groups excluding carboxylic acids is 1. The molecule has 0 unspecified atom stereocenters. The van der Waals surface area contributed by atoms with Crippen molar-refractivity contribution in [1.82, 2.24) is 4.90 Å². The molecular formula is C19H18ClF3N2O. The zero-order valence-electron chi connectivity index (χ0n) is 13.8. The maximum atomic E-state index is 13.2. The highest BCUT2D eigenvalue weighted by atomic mass is 35.5. The van der Waals surface area contributed by atoms with Gasteiger partial charge in [0, 0.05) is 25.6 Å². The molecule has 2 atom stereocenters. The molecule has 1 N–H and O–H groups in total. The van der Waals surface area contributed by atoms with Gasteiger partial charge < -0.3 is 5.32 Å². The Morgan fingerprint density at radius 3 is 2.38 bits per heavy atom. The number of benzene rings is 2. The van der Waals surface area contributed by atoms with Gasteiger partial charge in [0.2, 0.25) is 5.91 Å². The van der Waals surface area contributed by atoms with Crippen LogP contribution in [0.3, 0.4) is 0 Å². The highest BCUT2D eigenvalue weighted by molar-refractivity contribution is 5.98. The molecule has 0 spiro atoms. The van der Waals surface area contributed by atoms with Crippen molar-refractivity contribution < 1.29 is 18.0 Å². The van der Waals surface area contributed by atoms with Crippen molar-refractivity contribution in [3.63, 3.8) is 0 Å². The van der Waals surface area contributed by atoms with Gasteiger partial charge in [-0.05, 0) is 17.2 Å². The molecule has 7 heteroatoms. The standard InChI is InChI=1S/C19H17F3N2O.ClH/c20-19(21,22)16-8-4-7-13-14-10-24(9-12-5-2-1-3-6-12)11-15(14)18(25)23-17(13)16;/h1-8,14-15H,9-11H2,(H,23,25);1H/t14-,15-;/m0./s1. The lowest BCUT2D eigenvalue weighted by Gasteiger charge is -2.29. The largest absolute Gasteiger partial charge is 0.418 e. The molecule has 1 fully saturated rings. The highest BCUT2D eigenvalue weighted by Gasteiger charge is 2.45. The third-order valence-corrected chi connectivity index (χ3v) is 5.03. The normalized spacial score (nSPS) is 22.2. The molecule has 1 amide bonds. The molecule has 2 aliphatic heterocycles. The number of likely N-dealkylation sites (tertiary alicyclic amines) is 1. The molecule has 3 nitrogen and oxygen atoms in total. The minimum atomic E-state index is -4.48. The minimum absolute atomic E-state index is 0. The Kier molecular flexibility index (Phi) is 4.99. The van der Waals surface area contributed by atoms with E-state index in [9.17, 15) is 18.0 Å². The predicted octanol–water partition coefficient (Wildman–Crippen LogP) is 4.29. The molecule has 0 saturated carbocycles. The van der Waals surface area contributed by atoms with E-state index in [4.69, 9.17) is 0 Å². The molecule has 0 bridgehead atoms. The number of para-hydroxylation sites is 1. The van der Waals surface area contributed by atoms with Crippen LogP contribution in [0.4, 0.5) is 18.9 Å². The molecule has 0 radical (unpaired) electrons. The summed E-state index contributed by atoms with van der Waals surface area (Å²) in [5, 5.41) is 2.51. The van der Waals surface area contributed by atoms with Gasteiger partial charge in [-0.3, -0.25) is 9.69 Å². The van der Waals surface area contributed by atoms with Crippen molar-refractivity contribution >= 4 is 24.0 Å². The van der Waals surface area contributed by atoms with Gasteiger partial charge in [0.25, 0.3) is 0 Å². The maximum absolute atomic E-state index is 13.2. The highest BCUT2D eigenvalue weighted by Crippen LogP contribution is 2.46. The lowest BCUT2D eigenvalue weighted by Crippen LogP contribution is -2.34. The Morgan fingerprint density at radius 2 is 1.69 bits per heavy atom. The molecule has 2 aromatic carbocycles. The van der Waals surface area contributed by atoms with Crippen molar-refractivity contribution in [1.29, 1.82) is 0 Å². The Bertz CT molecular complexity index is 810. The van der Waals surface area contributed by atoms with Crippen LogP contribution < -0.4 is 5.32 Å². The molecule has 2 heterocycles. The van der Waals surface area contributed by atoms with Gasteiger partial charge >= 0.3 is 6.18 Å². The first-order valence-electron chi connectivity index (χ1n) is 8.21. The number of carbonyl (C=O) groups is 1. The number of hydrogen-bond acceptors (Lipinski definition) is 2. The lowest BCUT2D eigenvalue weighted by atomic mass is 9.83. The smallest absolute Gasteiger partial charge is 0.325 e. The predicted molar refractivity (Wildman–Crippen MR) is 95.3 cm³/mol. The van der Waals surface area contributed by atoms with E-state index in [1.165, 1.54) is 6.07 Å². The van der Waals surface area contributed by atoms with Crippen molar-refractivity contribution in [3.05, 3.63) is 65.2 Å². The van der Waals surface area contributed by atoms with E-state index in [0.29, 0.717) is 25.2 Å². The molecule has 4 rings (SSSR count). The van der Waals surface area contributed by atoms with Gasteiger partial charge in [-0.2, -0.15) is 13.2 Å². The van der Waals surface area contributed by atoms with Crippen LogP contribution in [-0.4, -0.2) is 23.9 Å². The van der Waals surface area contributed by atoms with Gasteiger partial charge in [-0.15, -0.1) is 12.4 Å². The summed E-state index contributed by atoms with van der Waals surface area (Å²) >= 11 is 0. The number of halogens is 4. The third-order valence-electron chi connectivity index (χ3n) is 5.03. The van der Waals surface area contributed by atoms with Crippen molar-refractivity contribution in [2.75, 3.05) is 18.4 Å². The summed E-state index contributed by atoms with van der Waals surface area (Å²) in [7, 11) is 0. The number of alkyl halides is 3. The molecule has 2 aromatic rings. The number of amides is 1. The minimum Gasteiger partial charge on any atom is -0.325 e.